The van der Waals surface area contributed by atoms with E-state index in [1.807, 2.05) is 0 Å². The second kappa shape index (κ2) is 8.89. The standard InChI is InChI=1S/C7H8BNO4.C6H6BNO4/c1-5-2-3-6(8(10)11)4-7(5)9(12)13;9-7(10)5-2-1-3-6(4-5)8(11)12/h2-4,10-11H,1H3;1-4,9-10H. The van der Waals surface area contributed by atoms with Gasteiger partial charge in [0.25, 0.3) is 11.4 Å². The van der Waals surface area contributed by atoms with Gasteiger partial charge in [0.1, 0.15) is 0 Å². The molecule has 12 heteroatoms. The molecule has 0 fully saturated rings. The Labute approximate surface area is 142 Å². The van der Waals surface area contributed by atoms with Crippen molar-refractivity contribution in [3.05, 3.63) is 68.3 Å². The van der Waals surface area contributed by atoms with E-state index in [9.17, 15) is 20.2 Å². The third-order valence-corrected chi connectivity index (χ3v) is 3.11. The highest BCUT2D eigenvalue weighted by molar-refractivity contribution is 6.59. The van der Waals surface area contributed by atoms with E-state index in [1.165, 1.54) is 30.3 Å². The van der Waals surface area contributed by atoms with Crippen molar-refractivity contribution in [3.8, 4) is 0 Å². The van der Waals surface area contributed by atoms with Gasteiger partial charge in [0.15, 0.2) is 0 Å². The van der Waals surface area contributed by atoms with Crippen LogP contribution in [0.4, 0.5) is 11.4 Å². The Morgan fingerprint density at radius 2 is 1.40 bits per heavy atom. The van der Waals surface area contributed by atoms with Crippen LogP contribution >= 0.6 is 0 Å². The van der Waals surface area contributed by atoms with Gasteiger partial charge >= 0.3 is 14.2 Å². The summed E-state index contributed by atoms with van der Waals surface area (Å²) >= 11 is 0. The van der Waals surface area contributed by atoms with Gasteiger partial charge in [-0.1, -0.05) is 24.3 Å². The molecule has 0 aliphatic heterocycles. The molecule has 0 heterocycles. The molecule has 25 heavy (non-hydrogen) atoms. The van der Waals surface area contributed by atoms with Crippen molar-refractivity contribution in [2.75, 3.05) is 0 Å². The summed E-state index contributed by atoms with van der Waals surface area (Å²) < 4.78 is 0. The molecule has 0 saturated carbocycles. The minimum atomic E-state index is -1.67. The predicted octanol–water partition coefficient (Wildman–Crippen LogP) is -1.14. The number of rotatable bonds is 4. The Balaban J connectivity index is 0.000000251. The average Bonchev–Trinajstić information content (AvgIpc) is 2.55. The first-order valence-electron chi connectivity index (χ1n) is 6.85. The zero-order chi connectivity index (χ0) is 19.1. The van der Waals surface area contributed by atoms with Gasteiger partial charge in [-0.15, -0.1) is 0 Å². The molecular weight excluding hydrogens is 334 g/mol. The predicted molar refractivity (Wildman–Crippen MR) is 90.6 cm³/mol. The van der Waals surface area contributed by atoms with Gasteiger partial charge in [-0.3, -0.25) is 20.2 Å². The van der Waals surface area contributed by atoms with Crippen LogP contribution in [0.5, 0.6) is 0 Å². The first kappa shape index (κ1) is 20.3. The number of aryl methyl sites for hydroxylation is 1. The monoisotopic (exact) mass is 348 g/mol. The van der Waals surface area contributed by atoms with Crippen LogP contribution in [0.1, 0.15) is 5.56 Å². The molecule has 2 rings (SSSR count). The smallest absolute Gasteiger partial charge is 0.423 e. The third kappa shape index (κ3) is 5.97. The molecule has 0 bridgehead atoms. The summed E-state index contributed by atoms with van der Waals surface area (Å²) in [7, 11) is -3.33. The first-order valence-corrected chi connectivity index (χ1v) is 6.85. The number of nitro groups is 2. The van der Waals surface area contributed by atoms with Gasteiger partial charge in [-0.25, -0.2) is 0 Å². The maximum atomic E-state index is 10.4. The summed E-state index contributed by atoms with van der Waals surface area (Å²) in [6, 6.07) is 9.26. The normalized spacial score (nSPS) is 9.64. The molecule has 0 aliphatic carbocycles. The van der Waals surface area contributed by atoms with E-state index in [1.54, 1.807) is 6.92 Å². The molecule has 0 aliphatic rings. The van der Waals surface area contributed by atoms with Crippen molar-refractivity contribution in [3.63, 3.8) is 0 Å². The van der Waals surface area contributed by atoms with Gasteiger partial charge in [0.2, 0.25) is 0 Å². The van der Waals surface area contributed by atoms with E-state index >= 15 is 0 Å². The molecule has 0 amide bonds. The minimum Gasteiger partial charge on any atom is -0.423 e. The second-order valence-electron chi connectivity index (χ2n) is 4.90. The van der Waals surface area contributed by atoms with Gasteiger partial charge in [-0.05, 0) is 17.8 Å². The van der Waals surface area contributed by atoms with E-state index < -0.39 is 24.1 Å². The van der Waals surface area contributed by atoms with Crippen LogP contribution in [0, 0.1) is 27.2 Å². The Bertz CT molecular complexity index is 769. The highest BCUT2D eigenvalue weighted by Crippen LogP contribution is 2.14. The molecule has 0 aromatic heterocycles. The molecule has 0 unspecified atom stereocenters. The summed E-state index contributed by atoms with van der Waals surface area (Å²) in [5.74, 6) is 0. The number of hydrogen-bond acceptors (Lipinski definition) is 8. The summed E-state index contributed by atoms with van der Waals surface area (Å²) in [5, 5.41) is 55.5. The SMILES string of the molecule is Cc1ccc(B(O)O)cc1[N+](=O)[O-].O=[N+]([O-])c1cccc(B(O)O)c1. The van der Waals surface area contributed by atoms with Crippen LogP contribution in [0.2, 0.25) is 0 Å². The number of non-ortho nitro benzene ring substituents is 1. The highest BCUT2D eigenvalue weighted by atomic mass is 16.6. The average molecular weight is 348 g/mol. The van der Waals surface area contributed by atoms with E-state index in [0.29, 0.717) is 5.56 Å². The largest absolute Gasteiger partial charge is 0.488 e. The summed E-state index contributed by atoms with van der Waals surface area (Å²) in [6.07, 6.45) is 0. The highest BCUT2D eigenvalue weighted by Gasteiger charge is 2.17. The van der Waals surface area contributed by atoms with Gasteiger partial charge in [-0.2, -0.15) is 0 Å². The van der Waals surface area contributed by atoms with Crippen molar-refractivity contribution in [2.45, 2.75) is 6.92 Å². The fourth-order valence-corrected chi connectivity index (χ4v) is 1.78. The summed E-state index contributed by atoms with van der Waals surface area (Å²) in [5.41, 5.74) is 0.474. The lowest BCUT2D eigenvalue weighted by Gasteiger charge is -2.00. The molecule has 0 saturated heterocycles. The lowest BCUT2D eigenvalue weighted by Crippen LogP contribution is -2.29. The Morgan fingerprint density at radius 1 is 0.840 bits per heavy atom. The van der Waals surface area contributed by atoms with Crippen molar-refractivity contribution >= 4 is 36.5 Å². The van der Waals surface area contributed by atoms with Crippen LogP contribution in [0.15, 0.2) is 42.5 Å². The van der Waals surface area contributed by atoms with E-state index in [2.05, 4.69) is 0 Å². The number of nitro benzene ring substituents is 2. The third-order valence-electron chi connectivity index (χ3n) is 3.11. The van der Waals surface area contributed by atoms with E-state index in [-0.39, 0.29) is 22.3 Å². The number of hydrogen-bond donors (Lipinski definition) is 4. The van der Waals surface area contributed by atoms with Crippen LogP contribution < -0.4 is 10.9 Å². The second-order valence-corrected chi connectivity index (χ2v) is 4.90. The number of nitrogens with zero attached hydrogens (tertiary/aromatic N) is 2. The number of benzene rings is 2. The van der Waals surface area contributed by atoms with Crippen LogP contribution in [-0.4, -0.2) is 44.2 Å². The zero-order valence-electron chi connectivity index (χ0n) is 13.0. The Morgan fingerprint density at radius 3 is 1.88 bits per heavy atom. The quantitative estimate of drug-likeness (QED) is 0.305. The lowest BCUT2D eigenvalue weighted by atomic mass is 9.80. The van der Waals surface area contributed by atoms with Gasteiger partial charge in [0.05, 0.1) is 9.85 Å². The molecule has 10 nitrogen and oxygen atoms in total. The molecule has 4 N–H and O–H groups in total. The maximum absolute atomic E-state index is 10.4. The van der Waals surface area contributed by atoms with E-state index in [0.717, 1.165) is 12.1 Å². The summed E-state index contributed by atoms with van der Waals surface area (Å²) in [6.45, 7) is 1.59. The van der Waals surface area contributed by atoms with Crippen LogP contribution in [-0.2, 0) is 0 Å². The Hall–Kier alpha value is -2.79. The first-order chi connectivity index (χ1) is 11.6. The Kier molecular flexibility index (Phi) is 7.21. The van der Waals surface area contributed by atoms with Gasteiger partial charge in [0, 0.05) is 23.8 Å². The topological polar surface area (TPSA) is 167 Å². The van der Waals surface area contributed by atoms with E-state index in [4.69, 9.17) is 20.1 Å². The molecule has 0 spiro atoms. The molecule has 130 valence electrons. The van der Waals surface area contributed by atoms with Crippen molar-refractivity contribution < 1.29 is 29.9 Å². The van der Waals surface area contributed by atoms with Gasteiger partial charge < -0.3 is 20.1 Å². The molecular formula is C13H14B2N2O8. The van der Waals surface area contributed by atoms with Crippen molar-refractivity contribution in [1.82, 2.24) is 0 Å². The maximum Gasteiger partial charge on any atom is 0.488 e. The van der Waals surface area contributed by atoms with Crippen LogP contribution in [0.25, 0.3) is 0 Å². The fourth-order valence-electron chi connectivity index (χ4n) is 1.78. The zero-order valence-corrected chi connectivity index (χ0v) is 13.0. The molecule has 0 radical (unpaired) electrons. The molecule has 2 aromatic rings. The van der Waals surface area contributed by atoms with Crippen molar-refractivity contribution in [1.29, 1.82) is 0 Å². The molecule has 2 aromatic carbocycles. The lowest BCUT2D eigenvalue weighted by molar-refractivity contribution is -0.385. The van der Waals surface area contributed by atoms with Crippen molar-refractivity contribution in [2.24, 2.45) is 0 Å². The summed E-state index contributed by atoms with van der Waals surface area (Å²) in [4.78, 5) is 19.5. The molecule has 0 atom stereocenters. The van der Waals surface area contributed by atoms with Crippen LogP contribution in [0.3, 0.4) is 0 Å². The minimum absolute atomic E-state index is 0.106. The fraction of sp³-hybridized carbons (Fsp3) is 0.0769.